The van der Waals surface area contributed by atoms with Gasteiger partial charge >= 0.3 is 0 Å². The normalized spacial score (nSPS) is 26.4. The molecule has 0 spiro atoms. The Morgan fingerprint density at radius 1 is 1.20 bits per heavy atom. The number of rotatable bonds is 2. The van der Waals surface area contributed by atoms with Crippen molar-refractivity contribution < 1.29 is 4.79 Å². The molecular weight excluding hydrogens is 188 g/mol. The summed E-state index contributed by atoms with van der Waals surface area (Å²) in [5.74, 6) is -0.0330. The minimum absolute atomic E-state index is 0.0330. The molecule has 0 aliphatic heterocycles. The van der Waals surface area contributed by atoms with Crippen LogP contribution in [0, 0.1) is 16.7 Å². The van der Waals surface area contributed by atoms with E-state index in [9.17, 15) is 4.79 Å². The minimum atomic E-state index is -0.666. The fourth-order valence-electron chi connectivity index (χ4n) is 2.37. The zero-order valence-corrected chi connectivity index (χ0v) is 9.31. The van der Waals surface area contributed by atoms with Gasteiger partial charge in [0.2, 0.25) is 5.91 Å². The average molecular weight is 206 g/mol. The molecule has 2 aliphatic rings. The van der Waals surface area contributed by atoms with Gasteiger partial charge in [-0.1, -0.05) is 19.3 Å². The van der Waals surface area contributed by atoms with E-state index in [0.717, 1.165) is 25.7 Å². The van der Waals surface area contributed by atoms with Crippen molar-refractivity contribution in [2.75, 3.05) is 0 Å². The summed E-state index contributed by atoms with van der Waals surface area (Å²) in [7, 11) is 0. The lowest BCUT2D eigenvalue weighted by Crippen LogP contribution is -2.49. The first-order chi connectivity index (χ1) is 7.10. The Hall–Kier alpha value is -1.04. The second-order valence-electron chi connectivity index (χ2n) is 5.27. The fourth-order valence-corrected chi connectivity index (χ4v) is 2.37. The summed E-state index contributed by atoms with van der Waals surface area (Å²) >= 11 is 0. The Bertz CT molecular complexity index is 306. The van der Waals surface area contributed by atoms with Crippen molar-refractivity contribution in [3.8, 4) is 6.07 Å². The van der Waals surface area contributed by atoms with Crippen LogP contribution in [-0.2, 0) is 4.79 Å². The summed E-state index contributed by atoms with van der Waals surface area (Å²) in [6.45, 7) is 2.11. The lowest BCUT2D eigenvalue weighted by atomic mass is 9.83. The van der Waals surface area contributed by atoms with Crippen LogP contribution in [0.4, 0.5) is 0 Å². The average Bonchev–Trinajstić information content (AvgIpc) is 2.98. The summed E-state index contributed by atoms with van der Waals surface area (Å²) in [5, 5.41) is 12.0. The van der Waals surface area contributed by atoms with Gasteiger partial charge in [0.15, 0.2) is 0 Å². The highest BCUT2D eigenvalue weighted by molar-refractivity contribution is 5.88. The van der Waals surface area contributed by atoms with E-state index in [1.165, 1.54) is 19.3 Å². The van der Waals surface area contributed by atoms with Gasteiger partial charge in [-0.3, -0.25) is 4.79 Å². The third-order valence-corrected chi connectivity index (χ3v) is 3.77. The topological polar surface area (TPSA) is 52.9 Å². The number of amides is 1. The van der Waals surface area contributed by atoms with Gasteiger partial charge in [0, 0.05) is 5.54 Å². The molecule has 2 aliphatic carbocycles. The predicted octanol–water partition coefficient (Wildman–Crippen LogP) is 2.13. The highest BCUT2D eigenvalue weighted by Crippen LogP contribution is 2.45. The molecule has 3 nitrogen and oxygen atoms in total. The van der Waals surface area contributed by atoms with Crippen LogP contribution in [0.3, 0.4) is 0 Å². The van der Waals surface area contributed by atoms with Gasteiger partial charge in [0.25, 0.3) is 0 Å². The first-order valence-corrected chi connectivity index (χ1v) is 5.84. The molecule has 0 aromatic rings. The van der Waals surface area contributed by atoms with Crippen molar-refractivity contribution in [3.05, 3.63) is 0 Å². The van der Waals surface area contributed by atoms with Crippen LogP contribution in [-0.4, -0.2) is 11.4 Å². The second-order valence-corrected chi connectivity index (χ2v) is 5.27. The summed E-state index contributed by atoms with van der Waals surface area (Å²) in [5.41, 5.74) is -0.720. The number of hydrogen-bond acceptors (Lipinski definition) is 2. The van der Waals surface area contributed by atoms with Gasteiger partial charge in [0.1, 0.15) is 5.41 Å². The van der Waals surface area contributed by atoms with E-state index >= 15 is 0 Å². The molecule has 0 atom stereocenters. The summed E-state index contributed by atoms with van der Waals surface area (Å²) in [6, 6.07) is 2.15. The van der Waals surface area contributed by atoms with Crippen molar-refractivity contribution in [2.24, 2.45) is 5.41 Å². The van der Waals surface area contributed by atoms with Crippen molar-refractivity contribution in [1.29, 1.82) is 5.26 Å². The van der Waals surface area contributed by atoms with Crippen LogP contribution in [0.5, 0.6) is 0 Å². The van der Waals surface area contributed by atoms with Crippen LogP contribution in [0.15, 0.2) is 0 Å². The quantitative estimate of drug-likeness (QED) is 0.752. The molecule has 1 N–H and O–H groups in total. The standard InChI is InChI=1S/C12H18N2O/c1-11(5-3-2-4-6-11)14-10(15)12(9-13)7-8-12/h2-8H2,1H3,(H,14,15). The molecule has 0 unspecified atom stereocenters. The Kier molecular flexibility index (Phi) is 2.46. The molecule has 0 radical (unpaired) electrons. The number of hydrogen-bond donors (Lipinski definition) is 1. The molecule has 15 heavy (non-hydrogen) atoms. The van der Waals surface area contributed by atoms with E-state index in [0.29, 0.717) is 0 Å². The molecule has 0 saturated heterocycles. The highest BCUT2D eigenvalue weighted by Gasteiger charge is 2.52. The van der Waals surface area contributed by atoms with Gasteiger partial charge in [-0.2, -0.15) is 5.26 Å². The van der Waals surface area contributed by atoms with Crippen LogP contribution in [0.1, 0.15) is 51.9 Å². The van der Waals surface area contributed by atoms with Crippen LogP contribution < -0.4 is 5.32 Å². The summed E-state index contributed by atoms with van der Waals surface area (Å²) in [4.78, 5) is 11.9. The predicted molar refractivity (Wildman–Crippen MR) is 56.9 cm³/mol. The van der Waals surface area contributed by atoms with E-state index in [2.05, 4.69) is 18.3 Å². The maximum atomic E-state index is 11.9. The molecule has 2 saturated carbocycles. The van der Waals surface area contributed by atoms with Gasteiger partial charge < -0.3 is 5.32 Å². The molecule has 82 valence electrons. The third-order valence-electron chi connectivity index (χ3n) is 3.77. The van der Waals surface area contributed by atoms with E-state index < -0.39 is 5.41 Å². The molecule has 2 fully saturated rings. The van der Waals surface area contributed by atoms with Crippen LogP contribution in [0.25, 0.3) is 0 Å². The molecule has 0 heterocycles. The molecule has 0 aromatic carbocycles. The monoisotopic (exact) mass is 206 g/mol. The Morgan fingerprint density at radius 2 is 1.80 bits per heavy atom. The fraction of sp³-hybridized carbons (Fsp3) is 0.833. The van der Waals surface area contributed by atoms with Crippen LogP contribution in [0.2, 0.25) is 0 Å². The molecule has 1 amide bonds. The molecule has 0 bridgehead atoms. The zero-order valence-electron chi connectivity index (χ0n) is 9.31. The Morgan fingerprint density at radius 3 is 2.27 bits per heavy atom. The summed E-state index contributed by atoms with van der Waals surface area (Å²) in [6.07, 6.45) is 7.25. The minimum Gasteiger partial charge on any atom is -0.350 e. The van der Waals surface area contributed by atoms with E-state index in [4.69, 9.17) is 5.26 Å². The van der Waals surface area contributed by atoms with Gasteiger partial charge in [-0.15, -0.1) is 0 Å². The van der Waals surface area contributed by atoms with E-state index in [1.807, 2.05) is 0 Å². The number of carbonyl (C=O) groups is 1. The van der Waals surface area contributed by atoms with Gasteiger partial charge in [0.05, 0.1) is 6.07 Å². The first-order valence-electron chi connectivity index (χ1n) is 5.84. The lowest BCUT2D eigenvalue weighted by Gasteiger charge is -2.35. The van der Waals surface area contributed by atoms with Gasteiger partial charge in [-0.05, 0) is 32.6 Å². The van der Waals surface area contributed by atoms with E-state index in [-0.39, 0.29) is 11.4 Å². The van der Waals surface area contributed by atoms with Gasteiger partial charge in [-0.25, -0.2) is 0 Å². The summed E-state index contributed by atoms with van der Waals surface area (Å²) < 4.78 is 0. The Balaban J connectivity index is 1.96. The van der Waals surface area contributed by atoms with Crippen molar-refractivity contribution in [1.82, 2.24) is 5.32 Å². The first kappa shape index (κ1) is 10.5. The maximum absolute atomic E-state index is 11.9. The number of carbonyl (C=O) groups excluding carboxylic acids is 1. The number of nitrogens with zero attached hydrogens (tertiary/aromatic N) is 1. The van der Waals surface area contributed by atoms with Crippen molar-refractivity contribution in [2.45, 2.75) is 57.4 Å². The maximum Gasteiger partial charge on any atom is 0.240 e. The van der Waals surface area contributed by atoms with Crippen molar-refractivity contribution >= 4 is 5.91 Å². The molecular formula is C12H18N2O. The molecule has 2 rings (SSSR count). The number of nitriles is 1. The third kappa shape index (κ3) is 1.99. The SMILES string of the molecule is CC1(NC(=O)C2(C#N)CC2)CCCCC1. The highest BCUT2D eigenvalue weighted by atomic mass is 16.2. The smallest absolute Gasteiger partial charge is 0.240 e. The van der Waals surface area contributed by atoms with E-state index in [1.54, 1.807) is 0 Å². The zero-order chi connectivity index (χ0) is 10.9. The molecule has 0 aromatic heterocycles. The second kappa shape index (κ2) is 3.52. The lowest BCUT2D eigenvalue weighted by molar-refractivity contribution is -0.126. The van der Waals surface area contributed by atoms with Crippen molar-refractivity contribution in [3.63, 3.8) is 0 Å². The van der Waals surface area contributed by atoms with Crippen LogP contribution >= 0.6 is 0 Å². The Labute approximate surface area is 90.8 Å². The molecule has 3 heteroatoms. The number of nitrogens with one attached hydrogen (secondary N) is 1. The largest absolute Gasteiger partial charge is 0.350 e.